The van der Waals surface area contributed by atoms with Crippen LogP contribution >= 0.6 is 12.4 Å². The molecule has 0 amide bonds. The summed E-state index contributed by atoms with van der Waals surface area (Å²) in [5.74, 6) is 1.58. The lowest BCUT2D eigenvalue weighted by Gasteiger charge is -2.13. The molecule has 1 aliphatic rings. The van der Waals surface area contributed by atoms with Crippen molar-refractivity contribution in [2.45, 2.75) is 20.0 Å². The topological polar surface area (TPSA) is 91.3 Å². The smallest absolute Gasteiger partial charge is 0.165 e. The van der Waals surface area contributed by atoms with Gasteiger partial charge in [0.1, 0.15) is 5.69 Å². The van der Waals surface area contributed by atoms with Crippen LogP contribution in [-0.4, -0.2) is 46.1 Å². The van der Waals surface area contributed by atoms with Gasteiger partial charge in [-0.25, -0.2) is 4.98 Å². The van der Waals surface area contributed by atoms with E-state index in [1.807, 2.05) is 42.0 Å². The Morgan fingerprint density at radius 1 is 1.11 bits per heavy atom. The number of benzene rings is 1. The summed E-state index contributed by atoms with van der Waals surface area (Å²) in [6.07, 6.45) is 3.74. The van der Waals surface area contributed by atoms with Gasteiger partial charge in [0.05, 0.1) is 17.9 Å². The van der Waals surface area contributed by atoms with Gasteiger partial charge in [0.25, 0.3) is 0 Å². The van der Waals surface area contributed by atoms with E-state index in [2.05, 4.69) is 36.6 Å². The van der Waals surface area contributed by atoms with E-state index in [0.29, 0.717) is 0 Å². The molecule has 0 spiro atoms. The van der Waals surface area contributed by atoms with Crippen molar-refractivity contribution in [3.8, 4) is 22.9 Å². The standard InChI is InChI=1S/C17H17N9.ClH/c1-12-20-22-23-26(12)14-4-2-13(3-5-14)24-8-7-19-17(24)16-10-15-11-18-6-9-25(15)21-16;/h2-5,7-8,10,18H,6,9,11H2,1H3;1H. The Morgan fingerprint density at radius 2 is 1.93 bits per heavy atom. The third-order valence-electron chi connectivity index (χ3n) is 4.54. The van der Waals surface area contributed by atoms with Crippen LogP contribution in [0.15, 0.2) is 42.7 Å². The van der Waals surface area contributed by atoms with Crippen molar-refractivity contribution in [3.05, 3.63) is 54.2 Å². The minimum absolute atomic E-state index is 0. The van der Waals surface area contributed by atoms with Crippen molar-refractivity contribution >= 4 is 12.4 Å². The van der Waals surface area contributed by atoms with Crippen LogP contribution in [0.5, 0.6) is 0 Å². The molecule has 27 heavy (non-hydrogen) atoms. The summed E-state index contributed by atoms with van der Waals surface area (Å²) in [4.78, 5) is 4.52. The Hall–Kier alpha value is -3.04. The molecule has 1 aliphatic heterocycles. The molecule has 0 atom stereocenters. The second kappa shape index (κ2) is 6.93. The van der Waals surface area contributed by atoms with Crippen LogP contribution in [-0.2, 0) is 13.1 Å². The Morgan fingerprint density at radius 3 is 2.67 bits per heavy atom. The number of aromatic nitrogens is 8. The predicted molar refractivity (Wildman–Crippen MR) is 101 cm³/mol. The fourth-order valence-corrected chi connectivity index (χ4v) is 3.23. The van der Waals surface area contributed by atoms with Crippen molar-refractivity contribution < 1.29 is 0 Å². The largest absolute Gasteiger partial charge is 0.309 e. The van der Waals surface area contributed by atoms with Gasteiger partial charge in [-0.1, -0.05) is 0 Å². The average molecular weight is 384 g/mol. The molecule has 5 rings (SSSR count). The number of halogens is 1. The molecule has 0 aliphatic carbocycles. The van der Waals surface area contributed by atoms with Crippen LogP contribution in [0.2, 0.25) is 0 Å². The first kappa shape index (κ1) is 17.4. The summed E-state index contributed by atoms with van der Waals surface area (Å²) >= 11 is 0. The number of nitrogens with one attached hydrogen (secondary N) is 1. The van der Waals surface area contributed by atoms with E-state index in [1.54, 1.807) is 10.9 Å². The zero-order valence-electron chi connectivity index (χ0n) is 14.6. The number of imidazole rings is 1. The first-order valence-electron chi connectivity index (χ1n) is 8.46. The van der Waals surface area contributed by atoms with E-state index in [4.69, 9.17) is 5.10 Å². The van der Waals surface area contributed by atoms with Crippen LogP contribution in [0.3, 0.4) is 0 Å². The highest BCUT2D eigenvalue weighted by molar-refractivity contribution is 5.85. The van der Waals surface area contributed by atoms with Crippen LogP contribution in [0.1, 0.15) is 11.5 Å². The summed E-state index contributed by atoms with van der Waals surface area (Å²) in [7, 11) is 0. The van der Waals surface area contributed by atoms with Crippen LogP contribution in [0, 0.1) is 6.92 Å². The van der Waals surface area contributed by atoms with E-state index >= 15 is 0 Å². The summed E-state index contributed by atoms with van der Waals surface area (Å²) in [5.41, 5.74) is 4.00. The van der Waals surface area contributed by atoms with E-state index in [1.165, 1.54) is 5.69 Å². The van der Waals surface area contributed by atoms with Gasteiger partial charge in [-0.15, -0.1) is 17.5 Å². The van der Waals surface area contributed by atoms with Crippen LogP contribution < -0.4 is 5.32 Å². The second-order valence-electron chi connectivity index (χ2n) is 6.20. The normalized spacial score (nSPS) is 13.2. The quantitative estimate of drug-likeness (QED) is 0.577. The lowest BCUT2D eigenvalue weighted by Crippen LogP contribution is -2.28. The van der Waals surface area contributed by atoms with Crippen molar-refractivity contribution in [1.82, 2.24) is 44.9 Å². The first-order valence-corrected chi connectivity index (χ1v) is 8.46. The average Bonchev–Trinajstić information content (AvgIpc) is 3.40. The van der Waals surface area contributed by atoms with Gasteiger partial charge in [-0.2, -0.15) is 9.78 Å². The van der Waals surface area contributed by atoms with Gasteiger partial charge in [-0.3, -0.25) is 9.25 Å². The molecular formula is C17H18ClN9. The molecule has 0 bridgehead atoms. The highest BCUT2D eigenvalue weighted by Gasteiger charge is 2.16. The highest BCUT2D eigenvalue weighted by Crippen LogP contribution is 2.23. The Balaban J connectivity index is 0.00000180. The summed E-state index contributed by atoms with van der Waals surface area (Å²) in [5, 5.41) is 19.7. The fourth-order valence-electron chi connectivity index (χ4n) is 3.23. The van der Waals surface area contributed by atoms with Gasteiger partial charge < -0.3 is 5.32 Å². The molecule has 0 fully saturated rings. The van der Waals surface area contributed by atoms with E-state index in [0.717, 1.165) is 48.4 Å². The minimum Gasteiger partial charge on any atom is -0.309 e. The Labute approximate surface area is 161 Å². The van der Waals surface area contributed by atoms with E-state index < -0.39 is 0 Å². The third-order valence-corrected chi connectivity index (χ3v) is 4.54. The summed E-state index contributed by atoms with van der Waals surface area (Å²) < 4.78 is 5.79. The molecule has 0 saturated heterocycles. The molecular weight excluding hydrogens is 366 g/mol. The minimum atomic E-state index is 0. The van der Waals surface area contributed by atoms with Crippen molar-refractivity contribution in [1.29, 1.82) is 0 Å². The van der Waals surface area contributed by atoms with E-state index in [-0.39, 0.29) is 12.4 Å². The van der Waals surface area contributed by atoms with Gasteiger partial charge >= 0.3 is 0 Å². The second-order valence-corrected chi connectivity index (χ2v) is 6.20. The number of aryl methyl sites for hydroxylation is 1. The Kier molecular flexibility index (Phi) is 4.46. The van der Waals surface area contributed by atoms with Gasteiger partial charge in [0.2, 0.25) is 0 Å². The molecule has 3 aromatic heterocycles. The monoisotopic (exact) mass is 383 g/mol. The zero-order chi connectivity index (χ0) is 17.5. The third kappa shape index (κ3) is 3.00. The SMILES string of the molecule is Cc1nnnn1-c1ccc(-n2ccnc2-c2cc3n(n2)CCNC3)cc1.Cl. The molecule has 0 radical (unpaired) electrons. The van der Waals surface area contributed by atoms with Gasteiger partial charge in [0, 0.05) is 31.2 Å². The number of hydrogen-bond donors (Lipinski definition) is 1. The maximum atomic E-state index is 4.71. The predicted octanol–water partition coefficient (Wildman–Crippen LogP) is 1.54. The van der Waals surface area contributed by atoms with Crippen molar-refractivity contribution in [2.75, 3.05) is 6.54 Å². The van der Waals surface area contributed by atoms with Crippen molar-refractivity contribution in [3.63, 3.8) is 0 Å². The van der Waals surface area contributed by atoms with Gasteiger partial charge in [-0.05, 0) is 47.7 Å². The number of rotatable bonds is 3. The first-order chi connectivity index (χ1) is 12.8. The fraction of sp³-hybridized carbons (Fsp3) is 0.235. The molecule has 0 unspecified atom stereocenters. The molecule has 0 saturated carbocycles. The molecule has 9 nitrogen and oxygen atoms in total. The molecule has 4 heterocycles. The maximum absolute atomic E-state index is 4.71. The molecule has 10 heteroatoms. The lowest BCUT2D eigenvalue weighted by molar-refractivity contribution is 0.476. The molecule has 1 N–H and O–H groups in total. The van der Waals surface area contributed by atoms with Crippen molar-refractivity contribution in [2.24, 2.45) is 0 Å². The van der Waals surface area contributed by atoms with Crippen LogP contribution in [0.4, 0.5) is 0 Å². The molecule has 1 aromatic carbocycles. The molecule has 4 aromatic rings. The summed E-state index contributed by atoms with van der Waals surface area (Å²) in [6, 6.07) is 10.1. The van der Waals surface area contributed by atoms with Crippen LogP contribution in [0.25, 0.3) is 22.9 Å². The number of hydrogen-bond acceptors (Lipinski definition) is 6. The number of fused-ring (bicyclic) bond motifs is 1. The number of nitrogens with zero attached hydrogens (tertiary/aromatic N) is 8. The number of tetrazole rings is 1. The van der Waals surface area contributed by atoms with E-state index in [9.17, 15) is 0 Å². The summed E-state index contributed by atoms with van der Waals surface area (Å²) in [6.45, 7) is 4.54. The zero-order valence-corrected chi connectivity index (χ0v) is 15.5. The highest BCUT2D eigenvalue weighted by atomic mass is 35.5. The lowest BCUT2D eigenvalue weighted by atomic mass is 10.2. The molecule has 138 valence electrons. The maximum Gasteiger partial charge on any atom is 0.165 e. The van der Waals surface area contributed by atoms with Gasteiger partial charge in [0.15, 0.2) is 11.6 Å². The Bertz CT molecular complexity index is 1040.